The van der Waals surface area contributed by atoms with Gasteiger partial charge in [0.2, 0.25) is 0 Å². The van der Waals surface area contributed by atoms with E-state index in [1.54, 1.807) is 6.07 Å². The van der Waals surface area contributed by atoms with E-state index in [4.69, 9.17) is 16.3 Å². The smallest absolute Gasteiger partial charge is 0.251 e. The van der Waals surface area contributed by atoms with Crippen molar-refractivity contribution < 1.29 is 9.53 Å². The largest absolute Gasteiger partial charge is 0.380 e. The molecule has 0 bridgehead atoms. The Hall–Kier alpha value is -0.580. The molecule has 0 saturated carbocycles. The lowest BCUT2D eigenvalue weighted by Crippen LogP contribution is -2.25. The second-order valence-corrected chi connectivity index (χ2v) is 5.11. The molecular formula is C13H17BrClNO2. The van der Waals surface area contributed by atoms with Crippen LogP contribution in [0.4, 0.5) is 0 Å². The van der Waals surface area contributed by atoms with Crippen LogP contribution in [0.25, 0.3) is 0 Å². The molecule has 1 N–H and O–H groups in total. The number of amides is 1. The topological polar surface area (TPSA) is 38.3 Å². The van der Waals surface area contributed by atoms with Crippen molar-refractivity contribution >= 4 is 33.4 Å². The number of aryl methyl sites for hydroxylation is 1. The first-order chi connectivity index (χ1) is 8.65. The van der Waals surface area contributed by atoms with Gasteiger partial charge >= 0.3 is 0 Å². The average molecular weight is 335 g/mol. The van der Waals surface area contributed by atoms with Gasteiger partial charge in [-0.1, -0.05) is 15.9 Å². The Balaban J connectivity index is 2.30. The van der Waals surface area contributed by atoms with Gasteiger partial charge in [-0.3, -0.25) is 4.79 Å². The van der Waals surface area contributed by atoms with Crippen LogP contribution in [-0.2, 0) is 4.74 Å². The molecule has 0 radical (unpaired) electrons. The summed E-state index contributed by atoms with van der Waals surface area (Å²) in [6.45, 7) is 3.74. The first-order valence-corrected chi connectivity index (χ1v) is 7.16. The van der Waals surface area contributed by atoms with E-state index >= 15 is 0 Å². The van der Waals surface area contributed by atoms with E-state index in [2.05, 4.69) is 21.2 Å². The van der Waals surface area contributed by atoms with Gasteiger partial charge in [0.05, 0.1) is 6.61 Å². The number of halogens is 2. The van der Waals surface area contributed by atoms with Gasteiger partial charge in [0.1, 0.15) is 0 Å². The van der Waals surface area contributed by atoms with Crippen molar-refractivity contribution in [2.45, 2.75) is 13.3 Å². The standard InChI is InChI=1S/C13H17BrClNO2/c1-10-9-11(3-4-12(10)14)13(17)16-6-2-7-18-8-5-15/h3-4,9H,2,5-8H2,1H3,(H,16,17). The van der Waals surface area contributed by atoms with Crippen LogP contribution in [0.2, 0.25) is 0 Å². The number of rotatable bonds is 7. The quantitative estimate of drug-likeness (QED) is 0.614. The molecule has 0 unspecified atom stereocenters. The molecule has 0 aliphatic rings. The van der Waals surface area contributed by atoms with E-state index < -0.39 is 0 Å². The van der Waals surface area contributed by atoms with E-state index in [9.17, 15) is 4.79 Å². The van der Waals surface area contributed by atoms with Crippen molar-refractivity contribution in [3.05, 3.63) is 33.8 Å². The van der Waals surface area contributed by atoms with E-state index in [0.717, 1.165) is 16.5 Å². The molecular weight excluding hydrogens is 318 g/mol. The third kappa shape index (κ3) is 5.38. The minimum absolute atomic E-state index is 0.0528. The molecule has 0 fully saturated rings. The summed E-state index contributed by atoms with van der Waals surface area (Å²) in [5.41, 5.74) is 1.73. The van der Waals surface area contributed by atoms with Gasteiger partial charge in [0, 0.05) is 29.1 Å². The van der Waals surface area contributed by atoms with E-state index in [-0.39, 0.29) is 5.91 Å². The first kappa shape index (κ1) is 15.5. The van der Waals surface area contributed by atoms with Crippen LogP contribution in [0.15, 0.2) is 22.7 Å². The molecule has 0 aliphatic carbocycles. The maximum atomic E-state index is 11.8. The average Bonchev–Trinajstić information content (AvgIpc) is 2.36. The van der Waals surface area contributed by atoms with Crippen LogP contribution in [0, 0.1) is 6.92 Å². The van der Waals surface area contributed by atoms with Gasteiger partial charge in [-0.25, -0.2) is 0 Å². The highest BCUT2D eigenvalue weighted by atomic mass is 79.9. The molecule has 1 aromatic rings. The predicted molar refractivity (Wildman–Crippen MR) is 77.4 cm³/mol. The second kappa shape index (κ2) is 8.51. The van der Waals surface area contributed by atoms with Crippen LogP contribution in [0.1, 0.15) is 22.3 Å². The normalized spacial score (nSPS) is 10.4. The monoisotopic (exact) mass is 333 g/mol. The Labute approximate surface area is 121 Å². The zero-order valence-corrected chi connectivity index (χ0v) is 12.7. The fraction of sp³-hybridized carbons (Fsp3) is 0.462. The van der Waals surface area contributed by atoms with Crippen LogP contribution >= 0.6 is 27.5 Å². The molecule has 0 heterocycles. The van der Waals surface area contributed by atoms with Gasteiger partial charge in [0.15, 0.2) is 0 Å². The lowest BCUT2D eigenvalue weighted by atomic mass is 10.1. The zero-order valence-electron chi connectivity index (χ0n) is 10.3. The van der Waals surface area contributed by atoms with Crippen LogP contribution < -0.4 is 5.32 Å². The van der Waals surface area contributed by atoms with Crippen molar-refractivity contribution in [3.63, 3.8) is 0 Å². The minimum atomic E-state index is -0.0528. The lowest BCUT2D eigenvalue weighted by molar-refractivity contribution is 0.0944. The van der Waals surface area contributed by atoms with Gasteiger partial charge in [-0.15, -0.1) is 11.6 Å². The number of hydrogen-bond acceptors (Lipinski definition) is 2. The fourth-order valence-electron chi connectivity index (χ4n) is 1.42. The molecule has 1 rings (SSSR count). The lowest BCUT2D eigenvalue weighted by Gasteiger charge is -2.07. The SMILES string of the molecule is Cc1cc(C(=O)NCCCOCCCl)ccc1Br. The number of hydrogen-bond donors (Lipinski definition) is 1. The Morgan fingerprint density at radius 2 is 2.22 bits per heavy atom. The first-order valence-electron chi connectivity index (χ1n) is 5.83. The summed E-state index contributed by atoms with van der Waals surface area (Å²) in [6.07, 6.45) is 0.790. The number of nitrogens with one attached hydrogen (secondary N) is 1. The van der Waals surface area contributed by atoms with Crippen molar-refractivity contribution in [2.24, 2.45) is 0 Å². The maximum Gasteiger partial charge on any atom is 0.251 e. The van der Waals surface area contributed by atoms with E-state index in [0.29, 0.717) is 31.2 Å². The molecule has 100 valence electrons. The van der Waals surface area contributed by atoms with Crippen molar-refractivity contribution in [2.75, 3.05) is 25.6 Å². The van der Waals surface area contributed by atoms with Crippen molar-refractivity contribution in [1.29, 1.82) is 0 Å². The molecule has 0 aromatic heterocycles. The second-order valence-electron chi connectivity index (χ2n) is 3.87. The van der Waals surface area contributed by atoms with Crippen molar-refractivity contribution in [1.82, 2.24) is 5.32 Å². The van der Waals surface area contributed by atoms with Crippen LogP contribution in [-0.4, -0.2) is 31.5 Å². The Kier molecular flexibility index (Phi) is 7.32. The number of carbonyl (C=O) groups is 1. The number of alkyl halides is 1. The summed E-state index contributed by atoms with van der Waals surface area (Å²) < 4.78 is 6.22. The Bertz CT molecular complexity index is 399. The molecule has 1 amide bonds. The van der Waals surface area contributed by atoms with Gasteiger partial charge in [-0.2, -0.15) is 0 Å². The van der Waals surface area contributed by atoms with Gasteiger partial charge < -0.3 is 10.1 Å². The Morgan fingerprint density at radius 1 is 1.44 bits per heavy atom. The third-order valence-electron chi connectivity index (χ3n) is 2.39. The number of carbonyl (C=O) groups excluding carboxylic acids is 1. The fourth-order valence-corrected chi connectivity index (χ4v) is 1.78. The summed E-state index contributed by atoms with van der Waals surface area (Å²) >= 11 is 8.88. The highest BCUT2D eigenvalue weighted by Gasteiger charge is 2.05. The predicted octanol–water partition coefficient (Wildman–Crippen LogP) is 3.13. The van der Waals surface area contributed by atoms with Crippen LogP contribution in [0.5, 0.6) is 0 Å². The highest BCUT2D eigenvalue weighted by molar-refractivity contribution is 9.10. The van der Waals surface area contributed by atoms with Gasteiger partial charge in [0.25, 0.3) is 5.91 Å². The molecule has 5 heteroatoms. The summed E-state index contributed by atoms with van der Waals surface area (Å²) in [7, 11) is 0. The van der Waals surface area contributed by atoms with Crippen molar-refractivity contribution in [3.8, 4) is 0 Å². The highest BCUT2D eigenvalue weighted by Crippen LogP contribution is 2.16. The molecule has 1 aromatic carbocycles. The summed E-state index contributed by atoms with van der Waals surface area (Å²) in [5, 5.41) is 2.86. The number of ether oxygens (including phenoxy) is 1. The zero-order chi connectivity index (χ0) is 13.4. The van der Waals surface area contributed by atoms with E-state index in [1.807, 2.05) is 19.1 Å². The third-order valence-corrected chi connectivity index (χ3v) is 3.44. The Morgan fingerprint density at radius 3 is 2.89 bits per heavy atom. The summed E-state index contributed by atoms with van der Waals surface area (Å²) in [6, 6.07) is 5.55. The number of benzene rings is 1. The molecule has 0 aliphatic heterocycles. The summed E-state index contributed by atoms with van der Waals surface area (Å²) in [4.78, 5) is 11.8. The minimum Gasteiger partial charge on any atom is -0.380 e. The molecule has 0 atom stereocenters. The maximum absolute atomic E-state index is 11.8. The van der Waals surface area contributed by atoms with Crippen LogP contribution in [0.3, 0.4) is 0 Å². The molecule has 0 spiro atoms. The molecule has 3 nitrogen and oxygen atoms in total. The molecule has 0 saturated heterocycles. The van der Waals surface area contributed by atoms with Gasteiger partial charge in [-0.05, 0) is 37.1 Å². The summed E-state index contributed by atoms with van der Waals surface area (Å²) in [5.74, 6) is 0.452. The van der Waals surface area contributed by atoms with E-state index in [1.165, 1.54) is 0 Å². The molecule has 18 heavy (non-hydrogen) atoms.